The number of amides is 1. The molecule has 0 bridgehead atoms. The van der Waals surface area contributed by atoms with E-state index in [0.29, 0.717) is 6.61 Å². The smallest absolute Gasteiger partial charge is 0.253 e. The molecular formula is C29H41NO7. The average Bonchev–Trinajstić information content (AvgIpc) is 3.55. The van der Waals surface area contributed by atoms with Crippen LogP contribution in [0.4, 0.5) is 5.69 Å². The summed E-state index contributed by atoms with van der Waals surface area (Å²) in [7, 11) is 0. The number of benzene rings is 1. The molecule has 3 aliphatic heterocycles. The highest BCUT2D eigenvalue weighted by Crippen LogP contribution is 2.48. The van der Waals surface area contributed by atoms with Crippen molar-refractivity contribution in [3.8, 4) is 0 Å². The van der Waals surface area contributed by atoms with Crippen LogP contribution in [0.1, 0.15) is 78.1 Å². The van der Waals surface area contributed by atoms with Gasteiger partial charge in [0, 0.05) is 37.4 Å². The quantitative estimate of drug-likeness (QED) is 0.544. The molecule has 2 spiro atoms. The Kier molecular flexibility index (Phi) is 7.33. The summed E-state index contributed by atoms with van der Waals surface area (Å²) in [5, 5.41) is 0. The van der Waals surface area contributed by atoms with Crippen molar-refractivity contribution >= 4 is 11.6 Å². The van der Waals surface area contributed by atoms with Gasteiger partial charge in [0.05, 0.1) is 6.61 Å². The van der Waals surface area contributed by atoms with Gasteiger partial charge in [-0.25, -0.2) is 0 Å². The molecule has 0 radical (unpaired) electrons. The SMILES string of the molecule is CC(C)N(C(=O)CO[C@H]1[C@H]([C@@H]2COC3(CCCCC3)O2)O[C@H]2OC3(CCCCC3)O[C@@H]21)c1ccccc1. The van der Waals surface area contributed by atoms with Gasteiger partial charge in [0.1, 0.15) is 31.0 Å². The standard InChI is InChI=1S/C29H41NO7/c1-20(2)30(21-12-6-3-7-13-21)23(31)19-32-25-24(22-18-33-28(35-22)14-8-4-9-15-28)34-27-26(25)36-29(37-27)16-10-5-11-17-29/h3,6-7,12-13,20,22,24-27H,4-5,8-11,14-19H2,1-2H3/t22-,24-,25-,26+,27-/m0/s1. The van der Waals surface area contributed by atoms with Crippen molar-refractivity contribution in [2.75, 3.05) is 18.1 Å². The minimum atomic E-state index is -0.601. The summed E-state index contributed by atoms with van der Waals surface area (Å²) in [6.07, 6.45) is 8.22. The largest absolute Gasteiger partial charge is 0.363 e. The Bertz CT molecular complexity index is 927. The van der Waals surface area contributed by atoms with E-state index in [4.69, 9.17) is 28.4 Å². The molecule has 1 aromatic rings. The second-order valence-electron chi connectivity index (χ2n) is 11.5. The molecule has 8 nitrogen and oxygen atoms in total. The Balaban J connectivity index is 1.19. The summed E-state index contributed by atoms with van der Waals surface area (Å²) in [6.45, 7) is 4.40. The van der Waals surface area contributed by atoms with Gasteiger partial charge in [-0.05, 0) is 51.7 Å². The molecule has 2 saturated carbocycles. The number of nitrogens with zero attached hydrogens (tertiary/aromatic N) is 1. The highest BCUT2D eigenvalue weighted by molar-refractivity contribution is 5.94. The number of para-hydroxylation sites is 1. The van der Waals surface area contributed by atoms with Crippen LogP contribution in [0.5, 0.6) is 0 Å². The fraction of sp³-hybridized carbons (Fsp3) is 0.759. The minimum Gasteiger partial charge on any atom is -0.363 e. The van der Waals surface area contributed by atoms with E-state index in [9.17, 15) is 4.79 Å². The lowest BCUT2D eigenvalue weighted by Gasteiger charge is -2.36. The normalized spacial score (nSPS) is 34.3. The van der Waals surface area contributed by atoms with Gasteiger partial charge in [-0.1, -0.05) is 31.0 Å². The Hall–Kier alpha value is -1.55. The summed E-state index contributed by atoms with van der Waals surface area (Å²) in [4.78, 5) is 15.2. The van der Waals surface area contributed by atoms with Crippen molar-refractivity contribution in [1.29, 1.82) is 0 Å². The zero-order valence-corrected chi connectivity index (χ0v) is 22.1. The molecule has 5 fully saturated rings. The first-order chi connectivity index (χ1) is 18.0. The molecule has 1 amide bonds. The predicted octanol–water partition coefficient (Wildman–Crippen LogP) is 4.69. The molecule has 0 aromatic heterocycles. The maximum absolute atomic E-state index is 13.4. The van der Waals surface area contributed by atoms with Gasteiger partial charge in [-0.2, -0.15) is 0 Å². The molecule has 1 aromatic carbocycles. The highest BCUT2D eigenvalue weighted by Gasteiger charge is 2.61. The zero-order chi connectivity index (χ0) is 25.5. The lowest BCUT2D eigenvalue weighted by Crippen LogP contribution is -2.47. The first-order valence-electron chi connectivity index (χ1n) is 14.3. The molecule has 5 aliphatic rings. The first kappa shape index (κ1) is 25.7. The molecule has 8 heteroatoms. The summed E-state index contributed by atoms with van der Waals surface area (Å²) >= 11 is 0. The molecule has 204 valence electrons. The third-order valence-electron chi connectivity index (χ3n) is 8.58. The van der Waals surface area contributed by atoms with Gasteiger partial charge in [0.2, 0.25) is 0 Å². The Morgan fingerprint density at radius 3 is 2.27 bits per heavy atom. The minimum absolute atomic E-state index is 0.00355. The summed E-state index contributed by atoms with van der Waals surface area (Å²) < 4.78 is 38.6. The lowest BCUT2D eigenvalue weighted by atomic mass is 9.94. The molecule has 2 aliphatic carbocycles. The Morgan fingerprint density at radius 2 is 1.59 bits per heavy atom. The number of hydrogen-bond donors (Lipinski definition) is 0. The number of anilines is 1. The van der Waals surface area contributed by atoms with Crippen LogP contribution in [-0.4, -0.2) is 67.4 Å². The topological polar surface area (TPSA) is 75.7 Å². The van der Waals surface area contributed by atoms with Crippen LogP contribution in [0.3, 0.4) is 0 Å². The number of carbonyl (C=O) groups is 1. The number of hydrogen-bond acceptors (Lipinski definition) is 7. The molecule has 3 heterocycles. The molecular weight excluding hydrogens is 474 g/mol. The molecule has 3 saturated heterocycles. The highest BCUT2D eigenvalue weighted by atomic mass is 16.9. The zero-order valence-electron chi connectivity index (χ0n) is 22.1. The first-order valence-corrected chi connectivity index (χ1v) is 14.3. The van der Waals surface area contributed by atoms with Crippen molar-refractivity contribution in [2.45, 2.75) is 126 Å². The molecule has 0 unspecified atom stereocenters. The van der Waals surface area contributed by atoms with Gasteiger partial charge in [-0.15, -0.1) is 0 Å². The van der Waals surface area contributed by atoms with Gasteiger partial charge in [0.15, 0.2) is 17.9 Å². The van der Waals surface area contributed by atoms with E-state index in [2.05, 4.69) is 0 Å². The van der Waals surface area contributed by atoms with Crippen LogP contribution in [0.25, 0.3) is 0 Å². The van der Waals surface area contributed by atoms with Gasteiger partial charge < -0.3 is 33.3 Å². The number of fused-ring (bicyclic) bond motifs is 1. The van der Waals surface area contributed by atoms with Crippen LogP contribution < -0.4 is 4.90 Å². The Morgan fingerprint density at radius 1 is 0.919 bits per heavy atom. The summed E-state index contributed by atoms with van der Waals surface area (Å²) in [5.74, 6) is -1.21. The lowest BCUT2D eigenvalue weighted by molar-refractivity contribution is -0.262. The fourth-order valence-electron chi connectivity index (χ4n) is 6.82. The molecule has 37 heavy (non-hydrogen) atoms. The third-order valence-corrected chi connectivity index (χ3v) is 8.58. The van der Waals surface area contributed by atoms with E-state index < -0.39 is 36.2 Å². The molecule has 0 N–H and O–H groups in total. The van der Waals surface area contributed by atoms with E-state index in [1.165, 1.54) is 12.8 Å². The maximum Gasteiger partial charge on any atom is 0.253 e. The predicted molar refractivity (Wildman–Crippen MR) is 136 cm³/mol. The summed E-state index contributed by atoms with van der Waals surface area (Å²) in [6, 6.07) is 9.72. The van der Waals surface area contributed by atoms with Crippen molar-refractivity contribution in [3.05, 3.63) is 30.3 Å². The second-order valence-corrected chi connectivity index (χ2v) is 11.5. The number of carbonyl (C=O) groups excluding carboxylic acids is 1. The number of ether oxygens (including phenoxy) is 6. The fourth-order valence-corrected chi connectivity index (χ4v) is 6.82. The van der Waals surface area contributed by atoms with Crippen LogP contribution in [0.2, 0.25) is 0 Å². The summed E-state index contributed by atoms with van der Waals surface area (Å²) in [5.41, 5.74) is 0.858. The van der Waals surface area contributed by atoms with Gasteiger partial charge >= 0.3 is 0 Å². The van der Waals surface area contributed by atoms with E-state index in [1.807, 2.05) is 44.2 Å². The van der Waals surface area contributed by atoms with E-state index in [-0.39, 0.29) is 24.7 Å². The molecule has 5 atom stereocenters. The van der Waals surface area contributed by atoms with Crippen LogP contribution in [0, 0.1) is 0 Å². The number of rotatable bonds is 6. The average molecular weight is 516 g/mol. The maximum atomic E-state index is 13.4. The molecule has 6 rings (SSSR count). The second kappa shape index (κ2) is 10.5. The van der Waals surface area contributed by atoms with Crippen molar-refractivity contribution in [1.82, 2.24) is 0 Å². The van der Waals surface area contributed by atoms with E-state index in [0.717, 1.165) is 57.1 Å². The van der Waals surface area contributed by atoms with Crippen molar-refractivity contribution in [2.24, 2.45) is 0 Å². The van der Waals surface area contributed by atoms with Crippen molar-refractivity contribution in [3.63, 3.8) is 0 Å². The van der Waals surface area contributed by atoms with Gasteiger partial charge in [-0.3, -0.25) is 4.79 Å². The van der Waals surface area contributed by atoms with E-state index in [1.54, 1.807) is 4.90 Å². The third kappa shape index (κ3) is 5.09. The van der Waals surface area contributed by atoms with Crippen LogP contribution in [0.15, 0.2) is 30.3 Å². The monoisotopic (exact) mass is 515 g/mol. The van der Waals surface area contributed by atoms with Crippen LogP contribution >= 0.6 is 0 Å². The van der Waals surface area contributed by atoms with Crippen LogP contribution in [-0.2, 0) is 33.2 Å². The van der Waals surface area contributed by atoms with Crippen molar-refractivity contribution < 1.29 is 33.2 Å². The van der Waals surface area contributed by atoms with E-state index >= 15 is 0 Å². The Labute approximate surface area is 219 Å². The van der Waals surface area contributed by atoms with Gasteiger partial charge in [0.25, 0.3) is 5.91 Å².